The molecule has 0 aliphatic rings. The summed E-state index contributed by atoms with van der Waals surface area (Å²) in [5, 5.41) is 3.07. The van der Waals surface area contributed by atoms with Crippen molar-refractivity contribution in [3.05, 3.63) is 77.6 Å². The van der Waals surface area contributed by atoms with Gasteiger partial charge in [-0.2, -0.15) is 0 Å². The maximum Gasteiger partial charge on any atom is 0.244 e. The van der Waals surface area contributed by atoms with Gasteiger partial charge in [-0.15, -0.1) is 0 Å². The molecule has 2 aromatic rings. The van der Waals surface area contributed by atoms with E-state index in [-0.39, 0.29) is 11.9 Å². The zero-order chi connectivity index (χ0) is 23.2. The van der Waals surface area contributed by atoms with Crippen molar-refractivity contribution >= 4 is 11.5 Å². The van der Waals surface area contributed by atoms with Gasteiger partial charge < -0.3 is 10.1 Å². The third-order valence-electron chi connectivity index (χ3n) is 5.67. The average molecular weight is 435 g/mol. The number of pyridine rings is 1. The molecule has 4 nitrogen and oxygen atoms in total. The topological polar surface area (TPSA) is 51.2 Å². The molecule has 0 aliphatic carbocycles. The highest BCUT2D eigenvalue weighted by Gasteiger charge is 2.06. The van der Waals surface area contributed by atoms with Gasteiger partial charge in [0, 0.05) is 24.5 Å². The van der Waals surface area contributed by atoms with Crippen LogP contribution in [-0.4, -0.2) is 24.0 Å². The zero-order valence-electron chi connectivity index (χ0n) is 20.1. The van der Waals surface area contributed by atoms with Gasteiger partial charge >= 0.3 is 0 Å². The summed E-state index contributed by atoms with van der Waals surface area (Å²) in [6.07, 6.45) is 16.8. The summed E-state index contributed by atoms with van der Waals surface area (Å²) in [6, 6.07) is 10.3. The van der Waals surface area contributed by atoms with E-state index >= 15 is 0 Å². The number of ether oxygens (including phenoxy) is 1. The number of methoxy groups -OCH3 is 1. The van der Waals surface area contributed by atoms with Gasteiger partial charge in [-0.3, -0.25) is 9.78 Å². The lowest BCUT2D eigenvalue weighted by Crippen LogP contribution is -2.31. The predicted octanol–water partition coefficient (Wildman–Crippen LogP) is 6.45. The SMILES string of the molecule is CCCCC/C(=C\C=C\C(=O)N[C@H](C)CCCc1cnccc1C)c1ccc(OC)cc1. The first-order valence-electron chi connectivity index (χ1n) is 11.7. The second-order valence-electron chi connectivity index (χ2n) is 8.34. The molecule has 1 heterocycles. The lowest BCUT2D eigenvalue weighted by atomic mass is 9.99. The van der Waals surface area contributed by atoms with Crippen LogP contribution in [0.4, 0.5) is 0 Å². The molecule has 0 fully saturated rings. The fourth-order valence-corrected chi connectivity index (χ4v) is 3.67. The smallest absolute Gasteiger partial charge is 0.244 e. The maximum atomic E-state index is 12.3. The summed E-state index contributed by atoms with van der Waals surface area (Å²) in [7, 11) is 1.68. The first-order valence-corrected chi connectivity index (χ1v) is 11.7. The molecular weight excluding hydrogens is 396 g/mol. The number of aryl methyl sites for hydroxylation is 2. The van der Waals surface area contributed by atoms with Crippen LogP contribution in [0.15, 0.2) is 61.0 Å². The number of carbonyl (C=O) groups is 1. The number of amides is 1. The molecule has 1 aromatic heterocycles. The molecule has 172 valence electrons. The lowest BCUT2D eigenvalue weighted by molar-refractivity contribution is -0.117. The maximum absolute atomic E-state index is 12.3. The van der Waals surface area contributed by atoms with Gasteiger partial charge in [-0.05, 0) is 86.4 Å². The molecule has 0 unspecified atom stereocenters. The Balaban J connectivity index is 1.87. The quantitative estimate of drug-likeness (QED) is 0.224. The van der Waals surface area contributed by atoms with Crippen LogP contribution in [0.5, 0.6) is 5.75 Å². The summed E-state index contributed by atoms with van der Waals surface area (Å²) >= 11 is 0. The van der Waals surface area contributed by atoms with Crippen molar-refractivity contribution in [2.45, 2.75) is 71.8 Å². The number of allylic oxidation sites excluding steroid dienone is 3. The van der Waals surface area contributed by atoms with Gasteiger partial charge in [0.2, 0.25) is 5.91 Å². The van der Waals surface area contributed by atoms with Crippen LogP contribution in [0.2, 0.25) is 0 Å². The van der Waals surface area contributed by atoms with E-state index in [1.807, 2.05) is 36.7 Å². The van der Waals surface area contributed by atoms with Crippen LogP contribution in [0.3, 0.4) is 0 Å². The summed E-state index contributed by atoms with van der Waals surface area (Å²) in [5.74, 6) is 0.804. The number of aromatic nitrogens is 1. The van der Waals surface area contributed by atoms with Crippen molar-refractivity contribution in [3.63, 3.8) is 0 Å². The van der Waals surface area contributed by atoms with Crippen LogP contribution in [0.1, 0.15) is 69.1 Å². The van der Waals surface area contributed by atoms with Crippen LogP contribution in [0, 0.1) is 6.92 Å². The fraction of sp³-hybridized carbons (Fsp3) is 0.429. The van der Waals surface area contributed by atoms with Gasteiger partial charge in [0.25, 0.3) is 0 Å². The van der Waals surface area contributed by atoms with Crippen LogP contribution in [0.25, 0.3) is 5.57 Å². The highest BCUT2D eigenvalue weighted by atomic mass is 16.5. The summed E-state index contributed by atoms with van der Waals surface area (Å²) < 4.78 is 5.27. The third-order valence-corrected chi connectivity index (χ3v) is 5.67. The molecule has 1 aromatic carbocycles. The van der Waals surface area contributed by atoms with Crippen LogP contribution >= 0.6 is 0 Å². The van der Waals surface area contributed by atoms with Gasteiger partial charge in [-0.1, -0.05) is 44.1 Å². The molecular formula is C28H38N2O2. The molecule has 1 N–H and O–H groups in total. The minimum atomic E-state index is -0.0473. The van der Waals surface area contributed by atoms with E-state index in [2.05, 4.69) is 49.3 Å². The first-order chi connectivity index (χ1) is 15.5. The lowest BCUT2D eigenvalue weighted by Gasteiger charge is -2.12. The fourth-order valence-electron chi connectivity index (χ4n) is 3.67. The molecule has 0 saturated heterocycles. The van der Waals surface area contributed by atoms with Crippen molar-refractivity contribution in [2.75, 3.05) is 7.11 Å². The van der Waals surface area contributed by atoms with E-state index in [0.29, 0.717) is 0 Å². The van der Waals surface area contributed by atoms with E-state index < -0.39 is 0 Å². The van der Waals surface area contributed by atoms with E-state index in [4.69, 9.17) is 4.74 Å². The number of rotatable bonds is 13. The number of carbonyl (C=O) groups excluding carboxylic acids is 1. The number of hydrogen-bond acceptors (Lipinski definition) is 3. The number of nitrogens with zero attached hydrogens (tertiary/aromatic N) is 1. The Kier molecular flexibility index (Phi) is 11.3. The van der Waals surface area contributed by atoms with Crippen molar-refractivity contribution in [2.24, 2.45) is 0 Å². The van der Waals surface area contributed by atoms with Gasteiger partial charge in [0.15, 0.2) is 0 Å². The second kappa shape index (κ2) is 14.2. The molecule has 2 rings (SSSR count). The van der Waals surface area contributed by atoms with Crippen LogP contribution < -0.4 is 10.1 Å². The normalized spacial score (nSPS) is 12.7. The van der Waals surface area contributed by atoms with E-state index in [1.165, 1.54) is 35.1 Å². The largest absolute Gasteiger partial charge is 0.497 e. The molecule has 0 spiro atoms. The van der Waals surface area contributed by atoms with Gasteiger partial charge in [0.1, 0.15) is 5.75 Å². The number of benzene rings is 1. The standard InChI is InChI=1S/C28H38N2O2/c1-5-6-7-11-24(25-15-17-27(32-4)18-16-25)12-9-14-28(31)30-23(3)10-8-13-26-21-29-20-19-22(26)2/h9,12,14-21,23H,5-8,10-11,13H2,1-4H3,(H,30,31)/b14-9+,24-12+/t23-/m1/s1. The highest BCUT2D eigenvalue weighted by Crippen LogP contribution is 2.23. The molecule has 0 bridgehead atoms. The minimum Gasteiger partial charge on any atom is -0.497 e. The molecule has 1 amide bonds. The van der Waals surface area contributed by atoms with E-state index in [1.54, 1.807) is 13.2 Å². The van der Waals surface area contributed by atoms with Crippen molar-refractivity contribution in [3.8, 4) is 5.75 Å². The Morgan fingerprint density at radius 3 is 2.62 bits per heavy atom. The molecule has 0 saturated carbocycles. The number of unbranched alkanes of at least 4 members (excludes halogenated alkanes) is 2. The Bertz CT molecular complexity index is 885. The molecule has 4 heteroatoms. The Morgan fingerprint density at radius 1 is 1.16 bits per heavy atom. The minimum absolute atomic E-state index is 0.0473. The summed E-state index contributed by atoms with van der Waals surface area (Å²) in [6.45, 7) is 6.38. The van der Waals surface area contributed by atoms with E-state index in [0.717, 1.165) is 37.9 Å². The van der Waals surface area contributed by atoms with Crippen molar-refractivity contribution in [1.29, 1.82) is 0 Å². The number of nitrogens with one attached hydrogen (secondary N) is 1. The zero-order valence-corrected chi connectivity index (χ0v) is 20.1. The molecule has 0 radical (unpaired) electrons. The number of hydrogen-bond donors (Lipinski definition) is 1. The highest BCUT2D eigenvalue weighted by molar-refractivity contribution is 5.88. The summed E-state index contributed by atoms with van der Waals surface area (Å²) in [4.78, 5) is 16.6. The summed E-state index contributed by atoms with van der Waals surface area (Å²) in [5.41, 5.74) is 4.97. The Labute approximate surface area is 193 Å². The van der Waals surface area contributed by atoms with Gasteiger partial charge in [-0.25, -0.2) is 0 Å². The Hall–Kier alpha value is -2.88. The molecule has 1 atom stereocenters. The van der Waals surface area contributed by atoms with Crippen molar-refractivity contribution < 1.29 is 9.53 Å². The second-order valence-corrected chi connectivity index (χ2v) is 8.34. The molecule has 32 heavy (non-hydrogen) atoms. The van der Waals surface area contributed by atoms with Crippen molar-refractivity contribution in [1.82, 2.24) is 10.3 Å². The average Bonchev–Trinajstić information content (AvgIpc) is 2.79. The predicted molar refractivity (Wildman–Crippen MR) is 134 cm³/mol. The Morgan fingerprint density at radius 2 is 1.94 bits per heavy atom. The third kappa shape index (κ3) is 9.09. The molecule has 0 aliphatic heterocycles. The van der Waals surface area contributed by atoms with Gasteiger partial charge in [0.05, 0.1) is 7.11 Å². The monoisotopic (exact) mass is 434 g/mol. The van der Waals surface area contributed by atoms with E-state index in [9.17, 15) is 4.79 Å². The van der Waals surface area contributed by atoms with Crippen LogP contribution in [-0.2, 0) is 11.2 Å². The first kappa shape index (κ1) is 25.4.